The Balaban J connectivity index is 2.01. The first-order chi connectivity index (χ1) is 13.5. The van der Waals surface area contributed by atoms with Crippen molar-refractivity contribution in [2.24, 2.45) is 0 Å². The summed E-state index contributed by atoms with van der Waals surface area (Å²) in [6.07, 6.45) is 3.32. The maximum absolute atomic E-state index is 6.47. The normalized spacial score (nSPS) is 12.8. The molecule has 5 heteroatoms. The third-order valence-corrected chi connectivity index (χ3v) is 7.57. The van der Waals surface area contributed by atoms with Crippen molar-refractivity contribution in [3.63, 3.8) is 0 Å². The molecule has 0 saturated carbocycles. The number of benzene rings is 3. The van der Waals surface area contributed by atoms with E-state index in [0.29, 0.717) is 5.58 Å². The van der Waals surface area contributed by atoms with Gasteiger partial charge in [-0.2, -0.15) is 0 Å². The predicted octanol–water partition coefficient (Wildman–Crippen LogP) is 5.97. The summed E-state index contributed by atoms with van der Waals surface area (Å²) in [7, 11) is -1.56. The molecule has 0 atom stereocenters. The van der Waals surface area contributed by atoms with E-state index >= 15 is 0 Å². The molecule has 28 heavy (non-hydrogen) atoms. The minimum atomic E-state index is -1.56. The molecule has 0 radical (unpaired) electrons. The fourth-order valence-electron chi connectivity index (χ4n) is 4.11. The number of hydrogen-bond donors (Lipinski definition) is 0. The molecule has 0 spiro atoms. The quantitative estimate of drug-likeness (QED) is 0.329. The average molecular weight is 382 g/mol. The van der Waals surface area contributed by atoms with Crippen LogP contribution in [-0.2, 0) is 0 Å². The van der Waals surface area contributed by atoms with Crippen LogP contribution >= 0.6 is 0 Å². The van der Waals surface area contributed by atoms with Gasteiger partial charge in [0.25, 0.3) is 0 Å². The smallest absolute Gasteiger partial charge is 0.172 e. The topological polar surface area (TPSA) is 52.1 Å². The first-order valence-corrected chi connectivity index (χ1v) is 12.9. The van der Waals surface area contributed by atoms with E-state index in [9.17, 15) is 0 Å². The molecular formula is C23H18N2O2Si. The summed E-state index contributed by atoms with van der Waals surface area (Å²) < 4.78 is 12.9. The molecule has 6 rings (SSSR count). The lowest BCUT2D eigenvalue weighted by atomic mass is 10.0. The highest BCUT2D eigenvalue weighted by Crippen LogP contribution is 2.41. The molecule has 0 N–H and O–H groups in total. The van der Waals surface area contributed by atoms with Gasteiger partial charge >= 0.3 is 0 Å². The van der Waals surface area contributed by atoms with Gasteiger partial charge in [-0.25, -0.2) is 9.97 Å². The molecule has 0 unspecified atom stereocenters. The van der Waals surface area contributed by atoms with Crippen molar-refractivity contribution >= 4 is 68.0 Å². The third-order valence-electron chi connectivity index (χ3n) is 5.55. The van der Waals surface area contributed by atoms with E-state index in [1.54, 1.807) is 12.5 Å². The molecule has 0 bridgehead atoms. The van der Waals surface area contributed by atoms with Crippen LogP contribution in [-0.4, -0.2) is 18.0 Å². The van der Waals surface area contributed by atoms with Crippen molar-refractivity contribution < 1.29 is 8.83 Å². The Hall–Kier alpha value is -3.18. The highest BCUT2D eigenvalue weighted by Gasteiger charge is 2.23. The van der Waals surface area contributed by atoms with Crippen LogP contribution in [0, 0.1) is 0 Å². The van der Waals surface area contributed by atoms with Crippen LogP contribution < -0.4 is 5.19 Å². The molecular weight excluding hydrogens is 364 g/mol. The largest absolute Gasteiger partial charge is 0.455 e. The van der Waals surface area contributed by atoms with Crippen molar-refractivity contribution in [1.29, 1.82) is 0 Å². The summed E-state index contributed by atoms with van der Waals surface area (Å²) >= 11 is 0. The fourth-order valence-corrected chi connectivity index (χ4v) is 5.24. The van der Waals surface area contributed by atoms with Gasteiger partial charge < -0.3 is 8.83 Å². The Bertz CT molecular complexity index is 1550. The number of aromatic nitrogens is 2. The van der Waals surface area contributed by atoms with Gasteiger partial charge in [-0.3, -0.25) is 0 Å². The van der Waals surface area contributed by atoms with Crippen LogP contribution in [0.3, 0.4) is 0 Å². The van der Waals surface area contributed by atoms with Crippen molar-refractivity contribution in [3.8, 4) is 0 Å². The van der Waals surface area contributed by atoms with Gasteiger partial charge in [0.15, 0.2) is 5.58 Å². The minimum absolute atomic E-state index is 0.685. The summed E-state index contributed by atoms with van der Waals surface area (Å²) in [5, 5.41) is 6.67. The highest BCUT2D eigenvalue weighted by molar-refractivity contribution is 6.89. The zero-order valence-corrected chi connectivity index (χ0v) is 16.9. The predicted molar refractivity (Wildman–Crippen MR) is 117 cm³/mol. The molecule has 0 aliphatic rings. The van der Waals surface area contributed by atoms with Crippen LogP contribution in [0.5, 0.6) is 0 Å². The van der Waals surface area contributed by atoms with Gasteiger partial charge in [0, 0.05) is 16.2 Å². The minimum Gasteiger partial charge on any atom is -0.455 e. The molecule has 3 aromatic heterocycles. The Morgan fingerprint density at radius 2 is 1.61 bits per heavy atom. The second-order valence-corrected chi connectivity index (χ2v) is 13.5. The van der Waals surface area contributed by atoms with Crippen LogP contribution in [0.25, 0.3) is 54.8 Å². The van der Waals surface area contributed by atoms with Crippen LogP contribution in [0.1, 0.15) is 0 Å². The maximum Gasteiger partial charge on any atom is 0.172 e. The molecule has 3 aromatic carbocycles. The third kappa shape index (κ3) is 2.05. The summed E-state index contributed by atoms with van der Waals surface area (Å²) in [6, 6.07) is 14.9. The van der Waals surface area contributed by atoms with E-state index in [1.807, 2.05) is 6.07 Å². The summed E-state index contributed by atoms with van der Waals surface area (Å²) in [5.74, 6) is 0. The van der Waals surface area contributed by atoms with E-state index in [2.05, 4.69) is 66.0 Å². The monoisotopic (exact) mass is 382 g/mol. The van der Waals surface area contributed by atoms with Crippen molar-refractivity contribution in [2.75, 3.05) is 0 Å². The zero-order chi connectivity index (χ0) is 19.0. The Morgan fingerprint density at radius 3 is 2.43 bits per heavy atom. The number of fused-ring (bicyclic) bond motifs is 4. The van der Waals surface area contributed by atoms with Crippen LogP contribution in [0.15, 0.2) is 63.8 Å². The van der Waals surface area contributed by atoms with Gasteiger partial charge in [0.2, 0.25) is 0 Å². The molecule has 0 saturated heterocycles. The second kappa shape index (κ2) is 5.20. The molecule has 0 amide bonds. The van der Waals surface area contributed by atoms with Gasteiger partial charge in [-0.05, 0) is 23.6 Å². The van der Waals surface area contributed by atoms with Gasteiger partial charge in [-0.1, -0.05) is 49.1 Å². The standard InChI is InChI=1S/C23H18N2O2Si/c1-28(2,3)14-9-17-21-18(10-14)27-23-15-7-5-4-6-13(15)8-16(20(21)23)22-19(26-17)11-24-12-25-22/h4-12H,1-3H3. The van der Waals surface area contributed by atoms with E-state index < -0.39 is 8.07 Å². The lowest BCUT2D eigenvalue weighted by molar-refractivity contribution is 0.655. The van der Waals surface area contributed by atoms with Crippen molar-refractivity contribution in [2.45, 2.75) is 19.6 Å². The SMILES string of the molecule is C[Si](C)(C)c1cc2oc3cncnc3c3cc4ccccc4c4oc(c1)c2c34. The number of nitrogens with zero attached hydrogens (tertiary/aromatic N) is 2. The maximum atomic E-state index is 6.47. The zero-order valence-electron chi connectivity index (χ0n) is 15.9. The van der Waals surface area contributed by atoms with Crippen molar-refractivity contribution in [1.82, 2.24) is 9.97 Å². The Labute approximate surface area is 161 Å². The molecule has 6 aromatic rings. The van der Waals surface area contributed by atoms with E-state index in [4.69, 9.17) is 8.83 Å². The second-order valence-electron chi connectivity index (χ2n) is 8.39. The van der Waals surface area contributed by atoms with Crippen LogP contribution in [0.2, 0.25) is 19.6 Å². The van der Waals surface area contributed by atoms with Gasteiger partial charge in [-0.15, -0.1) is 0 Å². The van der Waals surface area contributed by atoms with Gasteiger partial charge in [0.1, 0.15) is 28.6 Å². The molecule has 0 aliphatic heterocycles. The fraction of sp³-hybridized carbons (Fsp3) is 0.130. The van der Waals surface area contributed by atoms with E-state index in [1.165, 1.54) is 5.19 Å². The lowest BCUT2D eigenvalue weighted by Crippen LogP contribution is -2.37. The number of furan rings is 1. The first kappa shape index (κ1) is 15.8. The molecule has 0 fully saturated rings. The molecule has 4 nitrogen and oxygen atoms in total. The Morgan fingerprint density at radius 1 is 0.821 bits per heavy atom. The molecule has 136 valence electrons. The van der Waals surface area contributed by atoms with Crippen LogP contribution in [0.4, 0.5) is 0 Å². The molecule has 3 heterocycles. The average Bonchev–Trinajstić information content (AvgIpc) is 3.00. The summed E-state index contributed by atoms with van der Waals surface area (Å²) in [5.41, 5.74) is 4.10. The number of rotatable bonds is 1. The number of hydrogen-bond acceptors (Lipinski definition) is 4. The lowest BCUT2D eigenvalue weighted by Gasteiger charge is -2.16. The first-order valence-electron chi connectivity index (χ1n) is 9.41. The van der Waals surface area contributed by atoms with E-state index in [0.717, 1.165) is 49.2 Å². The summed E-state index contributed by atoms with van der Waals surface area (Å²) in [4.78, 5) is 8.76. The Kier molecular flexibility index (Phi) is 2.94. The van der Waals surface area contributed by atoms with Gasteiger partial charge in [0.05, 0.1) is 19.7 Å². The highest BCUT2D eigenvalue weighted by atomic mass is 28.3. The van der Waals surface area contributed by atoms with Crippen molar-refractivity contribution in [3.05, 3.63) is 55.0 Å². The van der Waals surface area contributed by atoms with E-state index in [-0.39, 0.29) is 0 Å². The molecule has 0 aliphatic carbocycles. The summed E-state index contributed by atoms with van der Waals surface area (Å²) in [6.45, 7) is 6.99.